The number of hydrogen-bond acceptors (Lipinski definition) is 3. The van der Waals surface area contributed by atoms with Crippen LogP contribution < -0.4 is 4.90 Å². The zero-order valence-electron chi connectivity index (χ0n) is 40.0. The van der Waals surface area contributed by atoms with E-state index in [9.17, 15) is 0 Å². The summed E-state index contributed by atoms with van der Waals surface area (Å²) in [5.74, 6) is 0. The summed E-state index contributed by atoms with van der Waals surface area (Å²) >= 11 is 1.91. The number of allylic oxidation sites excluding steroid dienone is 1. The molecule has 344 valence electrons. The van der Waals surface area contributed by atoms with Crippen LogP contribution in [0.3, 0.4) is 0 Å². The molecule has 0 fully saturated rings. The SMILES string of the molecule is C1=Cc2sc3cccc(-c4cc(-c5ccc(-c6ccccc6)cc5)cc(N(c5ccc(-c6ccc7c(c6)oc6ccc8ccccc8c67)cc5)c5cccc(-c6ccc(-c7ccccc7)cc6)c5)c4)c3c2CC1. The average Bonchev–Trinajstić information content (AvgIpc) is 4.05. The van der Waals surface area contributed by atoms with E-state index in [1.54, 1.807) is 0 Å². The number of aryl methyl sites for hydroxylation is 1. The lowest BCUT2D eigenvalue weighted by Gasteiger charge is -2.28. The molecule has 0 saturated heterocycles. The van der Waals surface area contributed by atoms with Crippen molar-refractivity contribution in [1.29, 1.82) is 0 Å². The molecular weight excluding hydrogens is 903 g/mol. The first-order valence-corrected chi connectivity index (χ1v) is 26.0. The minimum Gasteiger partial charge on any atom is -0.456 e. The molecule has 0 spiro atoms. The molecule has 2 heterocycles. The lowest BCUT2D eigenvalue weighted by Crippen LogP contribution is -2.10. The third-order valence-electron chi connectivity index (χ3n) is 14.7. The maximum absolute atomic E-state index is 6.54. The van der Waals surface area contributed by atoms with Gasteiger partial charge in [-0.15, -0.1) is 11.3 Å². The van der Waals surface area contributed by atoms with Gasteiger partial charge in [-0.2, -0.15) is 0 Å². The van der Waals surface area contributed by atoms with Crippen molar-refractivity contribution in [3.8, 4) is 66.8 Å². The number of fused-ring (bicyclic) bond motifs is 8. The third-order valence-corrected chi connectivity index (χ3v) is 15.9. The highest BCUT2D eigenvalue weighted by molar-refractivity contribution is 7.20. The van der Waals surface area contributed by atoms with E-state index in [-0.39, 0.29) is 0 Å². The van der Waals surface area contributed by atoms with Crippen molar-refractivity contribution in [1.82, 2.24) is 0 Å². The first-order valence-electron chi connectivity index (χ1n) is 25.2. The molecule has 0 radical (unpaired) electrons. The number of anilines is 3. The monoisotopic (exact) mass is 949 g/mol. The van der Waals surface area contributed by atoms with Crippen molar-refractivity contribution < 1.29 is 4.42 Å². The molecule has 0 N–H and O–H groups in total. The molecule has 1 aliphatic rings. The zero-order chi connectivity index (χ0) is 48.2. The van der Waals surface area contributed by atoms with E-state index in [0.717, 1.165) is 68.7 Å². The number of furan rings is 1. The molecule has 11 aromatic carbocycles. The van der Waals surface area contributed by atoms with Crippen LogP contribution in [0.1, 0.15) is 16.9 Å². The van der Waals surface area contributed by atoms with Crippen LogP contribution in [0, 0.1) is 0 Å². The van der Waals surface area contributed by atoms with E-state index >= 15 is 0 Å². The predicted octanol–water partition coefficient (Wildman–Crippen LogP) is 20.4. The van der Waals surface area contributed by atoms with Gasteiger partial charge in [0.2, 0.25) is 0 Å². The number of hydrogen-bond donors (Lipinski definition) is 0. The van der Waals surface area contributed by atoms with Gasteiger partial charge in [-0.1, -0.05) is 188 Å². The standard InChI is InChI=1S/C70H47NOS/c1-3-13-46(14-4-1)48-25-29-50(30-26-48)54-18-11-19-59(42-54)71(58-37-33-51(34-38-58)55-35-39-63-66(45-55)72-65-40-36-53-17-7-8-20-61(53)69(63)65)60-43-56(52-31-27-49(28-32-52)47-15-5-2-6-16-47)41-57(44-60)62-22-12-24-68-70(62)64-21-9-10-23-67(64)73-68/h1-8,10-20,22-45H,9,21H2. The van der Waals surface area contributed by atoms with Crippen molar-refractivity contribution in [2.24, 2.45) is 0 Å². The van der Waals surface area contributed by atoms with E-state index in [4.69, 9.17) is 4.42 Å². The fourth-order valence-electron chi connectivity index (χ4n) is 11.1. The third kappa shape index (κ3) is 7.83. The summed E-state index contributed by atoms with van der Waals surface area (Å²) in [6, 6.07) is 90.9. The first-order chi connectivity index (χ1) is 36.1. The van der Waals surface area contributed by atoms with Gasteiger partial charge in [0.1, 0.15) is 11.2 Å². The van der Waals surface area contributed by atoms with Gasteiger partial charge in [0, 0.05) is 42.8 Å². The van der Waals surface area contributed by atoms with E-state index in [2.05, 4.69) is 266 Å². The minimum atomic E-state index is 0.891. The summed E-state index contributed by atoms with van der Waals surface area (Å²) in [7, 11) is 0. The molecule has 0 aliphatic heterocycles. The van der Waals surface area contributed by atoms with Crippen LogP contribution in [0.4, 0.5) is 17.1 Å². The second-order valence-electron chi connectivity index (χ2n) is 19.1. The van der Waals surface area contributed by atoms with Crippen LogP contribution in [-0.4, -0.2) is 0 Å². The van der Waals surface area contributed by atoms with Crippen LogP contribution in [0.2, 0.25) is 0 Å². The number of benzene rings is 11. The van der Waals surface area contributed by atoms with Crippen LogP contribution in [-0.2, 0) is 6.42 Å². The quantitative estimate of drug-likeness (QED) is 0.143. The fraction of sp³-hybridized carbons (Fsp3) is 0.0286. The lowest BCUT2D eigenvalue weighted by molar-refractivity contribution is 0.669. The molecule has 1 aliphatic carbocycles. The molecule has 14 rings (SSSR count). The van der Waals surface area contributed by atoms with Gasteiger partial charge in [0.05, 0.1) is 0 Å². The Morgan fingerprint density at radius 3 is 1.67 bits per heavy atom. The Bertz CT molecular complexity index is 4220. The van der Waals surface area contributed by atoms with E-state index in [1.807, 2.05) is 11.3 Å². The second kappa shape index (κ2) is 18.0. The second-order valence-corrected chi connectivity index (χ2v) is 20.2. The zero-order valence-corrected chi connectivity index (χ0v) is 40.8. The predicted molar refractivity (Wildman–Crippen MR) is 311 cm³/mol. The van der Waals surface area contributed by atoms with E-state index in [1.165, 1.54) is 81.2 Å². The molecule has 0 atom stereocenters. The number of nitrogens with zero attached hydrogens (tertiary/aromatic N) is 1. The Hall–Kier alpha value is -9.02. The van der Waals surface area contributed by atoms with Gasteiger partial charge in [-0.3, -0.25) is 0 Å². The van der Waals surface area contributed by atoms with Gasteiger partial charge >= 0.3 is 0 Å². The Morgan fingerprint density at radius 2 is 0.932 bits per heavy atom. The molecule has 13 aromatic rings. The average molecular weight is 950 g/mol. The maximum atomic E-state index is 6.54. The molecule has 0 amide bonds. The summed E-state index contributed by atoms with van der Waals surface area (Å²) in [4.78, 5) is 3.82. The van der Waals surface area contributed by atoms with Crippen molar-refractivity contribution in [2.75, 3.05) is 4.90 Å². The highest BCUT2D eigenvalue weighted by atomic mass is 32.1. The molecular formula is C70H47NOS. The molecule has 2 aromatic heterocycles. The summed E-state index contributed by atoms with van der Waals surface area (Å²) in [6.07, 6.45) is 6.76. The summed E-state index contributed by atoms with van der Waals surface area (Å²) < 4.78 is 7.88. The molecule has 2 nitrogen and oxygen atoms in total. The Labute approximate surface area is 429 Å². The fourth-order valence-corrected chi connectivity index (χ4v) is 12.3. The topological polar surface area (TPSA) is 16.4 Å². The number of thiophene rings is 1. The molecule has 0 saturated carbocycles. The van der Waals surface area contributed by atoms with Gasteiger partial charge in [0.25, 0.3) is 0 Å². The Kier molecular flexibility index (Phi) is 10.6. The highest BCUT2D eigenvalue weighted by Crippen LogP contribution is 2.46. The molecule has 3 heteroatoms. The number of rotatable bonds is 9. The molecule has 73 heavy (non-hydrogen) atoms. The van der Waals surface area contributed by atoms with Crippen LogP contribution in [0.15, 0.2) is 259 Å². The summed E-state index contributed by atoms with van der Waals surface area (Å²) in [5, 5.41) is 6.10. The Morgan fingerprint density at radius 1 is 0.356 bits per heavy atom. The summed E-state index contributed by atoms with van der Waals surface area (Å²) in [5.41, 5.74) is 20.7. The maximum Gasteiger partial charge on any atom is 0.136 e. The van der Waals surface area contributed by atoms with E-state index in [0.29, 0.717) is 0 Å². The van der Waals surface area contributed by atoms with Crippen LogP contribution in [0.5, 0.6) is 0 Å². The minimum absolute atomic E-state index is 0.891. The molecule has 0 unspecified atom stereocenters. The smallest absolute Gasteiger partial charge is 0.136 e. The van der Waals surface area contributed by atoms with Crippen LogP contribution in [0.25, 0.3) is 116 Å². The normalized spacial score (nSPS) is 12.2. The lowest BCUT2D eigenvalue weighted by atomic mass is 9.91. The van der Waals surface area contributed by atoms with Crippen molar-refractivity contribution in [3.63, 3.8) is 0 Å². The van der Waals surface area contributed by atoms with Crippen molar-refractivity contribution in [2.45, 2.75) is 12.8 Å². The molecule has 0 bridgehead atoms. The highest BCUT2D eigenvalue weighted by Gasteiger charge is 2.21. The Balaban J connectivity index is 0.928. The van der Waals surface area contributed by atoms with Gasteiger partial charge in [0.15, 0.2) is 0 Å². The van der Waals surface area contributed by atoms with Crippen molar-refractivity contribution in [3.05, 3.63) is 265 Å². The van der Waals surface area contributed by atoms with Gasteiger partial charge < -0.3 is 9.32 Å². The van der Waals surface area contributed by atoms with Crippen molar-refractivity contribution >= 4 is 77.3 Å². The largest absolute Gasteiger partial charge is 0.456 e. The van der Waals surface area contributed by atoms with Gasteiger partial charge in [-0.05, 0) is 169 Å². The van der Waals surface area contributed by atoms with Crippen LogP contribution >= 0.6 is 11.3 Å². The summed E-state index contributed by atoms with van der Waals surface area (Å²) in [6.45, 7) is 0. The first kappa shape index (κ1) is 42.8. The van der Waals surface area contributed by atoms with E-state index < -0.39 is 0 Å². The van der Waals surface area contributed by atoms with Gasteiger partial charge in [-0.25, -0.2) is 0 Å².